The maximum Gasteiger partial charge on any atom is 0.0587 e. The Bertz CT molecular complexity index is 285. The van der Waals surface area contributed by atoms with Gasteiger partial charge in [0.05, 0.1) is 6.61 Å². The van der Waals surface area contributed by atoms with Crippen molar-refractivity contribution in [2.75, 3.05) is 26.8 Å². The number of thiophene rings is 1. The molecule has 1 aromatic rings. The standard InChI is InChI=1S/C15H27NOS/c1-13(2)10-15(11-16-7-8-17-3)5-4-14-6-9-18-12-14/h6,9,12-13,15-16H,4-5,7-8,10-11H2,1-3H3. The van der Waals surface area contributed by atoms with E-state index in [0.29, 0.717) is 0 Å². The van der Waals surface area contributed by atoms with E-state index in [9.17, 15) is 0 Å². The number of aryl methyl sites for hydroxylation is 1. The fourth-order valence-corrected chi connectivity index (χ4v) is 2.96. The molecule has 18 heavy (non-hydrogen) atoms. The maximum atomic E-state index is 5.06. The molecule has 0 spiro atoms. The molecule has 0 aromatic carbocycles. The molecule has 0 saturated carbocycles. The van der Waals surface area contributed by atoms with Gasteiger partial charge in [-0.05, 0) is 60.0 Å². The highest BCUT2D eigenvalue weighted by molar-refractivity contribution is 7.07. The van der Waals surface area contributed by atoms with Gasteiger partial charge in [0.1, 0.15) is 0 Å². The molecule has 1 aromatic heterocycles. The highest BCUT2D eigenvalue weighted by Gasteiger charge is 2.11. The number of ether oxygens (including phenoxy) is 1. The second-order valence-electron chi connectivity index (χ2n) is 5.36. The van der Waals surface area contributed by atoms with Crippen LogP contribution in [0.15, 0.2) is 16.8 Å². The minimum Gasteiger partial charge on any atom is -0.383 e. The Morgan fingerprint density at radius 3 is 2.83 bits per heavy atom. The first-order chi connectivity index (χ1) is 8.72. The molecule has 1 unspecified atom stereocenters. The third kappa shape index (κ3) is 7.14. The molecular weight excluding hydrogens is 242 g/mol. The largest absolute Gasteiger partial charge is 0.383 e. The fraction of sp³-hybridized carbons (Fsp3) is 0.733. The lowest BCUT2D eigenvalue weighted by Crippen LogP contribution is -2.27. The molecule has 1 heterocycles. The summed E-state index contributed by atoms with van der Waals surface area (Å²) in [6, 6.07) is 2.25. The van der Waals surface area contributed by atoms with Gasteiger partial charge in [-0.15, -0.1) is 0 Å². The zero-order chi connectivity index (χ0) is 13.2. The average molecular weight is 269 g/mol. The van der Waals surface area contributed by atoms with Crippen LogP contribution in [0.5, 0.6) is 0 Å². The molecule has 0 bridgehead atoms. The second kappa shape index (κ2) is 9.54. The van der Waals surface area contributed by atoms with Crippen molar-refractivity contribution in [3.05, 3.63) is 22.4 Å². The van der Waals surface area contributed by atoms with E-state index in [1.807, 2.05) is 0 Å². The summed E-state index contributed by atoms with van der Waals surface area (Å²) < 4.78 is 5.06. The van der Waals surface area contributed by atoms with Crippen LogP contribution >= 0.6 is 11.3 Å². The summed E-state index contributed by atoms with van der Waals surface area (Å²) in [5.41, 5.74) is 1.49. The molecule has 0 aliphatic rings. The van der Waals surface area contributed by atoms with E-state index in [-0.39, 0.29) is 0 Å². The van der Waals surface area contributed by atoms with Crippen LogP contribution in [0.1, 0.15) is 32.3 Å². The second-order valence-corrected chi connectivity index (χ2v) is 6.14. The SMILES string of the molecule is COCCNCC(CCc1ccsc1)CC(C)C. The van der Waals surface area contributed by atoms with Crippen molar-refractivity contribution in [3.8, 4) is 0 Å². The molecule has 1 atom stereocenters. The Labute approximate surface area is 116 Å². The Morgan fingerprint density at radius 2 is 2.22 bits per heavy atom. The van der Waals surface area contributed by atoms with Crippen LogP contribution in [0.2, 0.25) is 0 Å². The Morgan fingerprint density at radius 1 is 1.39 bits per heavy atom. The van der Waals surface area contributed by atoms with Crippen molar-refractivity contribution in [2.24, 2.45) is 11.8 Å². The van der Waals surface area contributed by atoms with Crippen molar-refractivity contribution < 1.29 is 4.74 Å². The summed E-state index contributed by atoms with van der Waals surface area (Å²) in [4.78, 5) is 0. The number of hydrogen-bond acceptors (Lipinski definition) is 3. The molecular formula is C15H27NOS. The van der Waals surface area contributed by atoms with Crippen LogP contribution in [0, 0.1) is 11.8 Å². The van der Waals surface area contributed by atoms with Gasteiger partial charge in [-0.3, -0.25) is 0 Å². The van der Waals surface area contributed by atoms with Gasteiger partial charge < -0.3 is 10.1 Å². The summed E-state index contributed by atoms with van der Waals surface area (Å²) >= 11 is 1.80. The van der Waals surface area contributed by atoms with Crippen molar-refractivity contribution in [1.82, 2.24) is 5.32 Å². The van der Waals surface area contributed by atoms with E-state index in [0.717, 1.165) is 31.5 Å². The third-order valence-electron chi connectivity index (χ3n) is 3.14. The van der Waals surface area contributed by atoms with Crippen molar-refractivity contribution in [2.45, 2.75) is 33.1 Å². The van der Waals surface area contributed by atoms with Gasteiger partial charge in [0.2, 0.25) is 0 Å². The summed E-state index contributed by atoms with van der Waals surface area (Å²) in [7, 11) is 1.75. The predicted octanol–water partition coefficient (Wildman–Crippen LogP) is 3.58. The van der Waals surface area contributed by atoms with E-state index in [1.54, 1.807) is 18.4 Å². The summed E-state index contributed by atoms with van der Waals surface area (Å²) in [6.45, 7) is 7.51. The zero-order valence-electron chi connectivity index (χ0n) is 11.9. The quantitative estimate of drug-likeness (QED) is 0.656. The monoisotopic (exact) mass is 269 g/mol. The molecule has 1 N–H and O–H groups in total. The highest BCUT2D eigenvalue weighted by Crippen LogP contribution is 2.18. The molecule has 104 valence electrons. The number of rotatable bonds is 10. The van der Waals surface area contributed by atoms with E-state index < -0.39 is 0 Å². The van der Waals surface area contributed by atoms with Crippen molar-refractivity contribution in [1.29, 1.82) is 0 Å². The van der Waals surface area contributed by atoms with E-state index in [4.69, 9.17) is 4.74 Å². The number of methoxy groups -OCH3 is 1. The lowest BCUT2D eigenvalue weighted by molar-refractivity contribution is 0.196. The molecule has 2 nitrogen and oxygen atoms in total. The van der Waals surface area contributed by atoms with Gasteiger partial charge in [0.25, 0.3) is 0 Å². The molecule has 0 aliphatic heterocycles. The predicted molar refractivity (Wildman–Crippen MR) is 80.3 cm³/mol. The summed E-state index contributed by atoms with van der Waals surface area (Å²) in [6.07, 6.45) is 3.81. The molecule has 0 fully saturated rings. The van der Waals surface area contributed by atoms with Crippen LogP contribution in [-0.4, -0.2) is 26.8 Å². The molecule has 0 amide bonds. The van der Waals surface area contributed by atoms with Crippen LogP contribution in [0.3, 0.4) is 0 Å². The first kappa shape index (κ1) is 15.7. The first-order valence-electron chi connectivity index (χ1n) is 6.93. The Hall–Kier alpha value is -0.380. The van der Waals surface area contributed by atoms with Gasteiger partial charge in [-0.25, -0.2) is 0 Å². The molecule has 1 rings (SSSR count). The minimum absolute atomic E-state index is 0.779. The van der Waals surface area contributed by atoms with Crippen LogP contribution in [0.25, 0.3) is 0 Å². The van der Waals surface area contributed by atoms with Gasteiger partial charge in [0.15, 0.2) is 0 Å². The highest BCUT2D eigenvalue weighted by atomic mass is 32.1. The van der Waals surface area contributed by atoms with E-state index in [1.165, 1.54) is 24.8 Å². The maximum absolute atomic E-state index is 5.06. The number of nitrogens with one attached hydrogen (secondary N) is 1. The minimum atomic E-state index is 0.779. The van der Waals surface area contributed by atoms with Gasteiger partial charge in [-0.2, -0.15) is 11.3 Å². The normalized spacial score (nSPS) is 13.1. The molecule has 3 heteroatoms. The van der Waals surface area contributed by atoms with Crippen LogP contribution in [0.4, 0.5) is 0 Å². The van der Waals surface area contributed by atoms with Crippen LogP contribution in [-0.2, 0) is 11.2 Å². The van der Waals surface area contributed by atoms with E-state index in [2.05, 4.69) is 36.0 Å². The summed E-state index contributed by atoms with van der Waals surface area (Å²) in [5.74, 6) is 1.56. The van der Waals surface area contributed by atoms with Gasteiger partial charge in [-0.1, -0.05) is 13.8 Å². The molecule has 0 aliphatic carbocycles. The lowest BCUT2D eigenvalue weighted by atomic mass is 9.91. The van der Waals surface area contributed by atoms with Crippen LogP contribution < -0.4 is 5.32 Å². The Kier molecular flexibility index (Phi) is 8.31. The van der Waals surface area contributed by atoms with Crippen molar-refractivity contribution >= 4 is 11.3 Å². The average Bonchev–Trinajstić information content (AvgIpc) is 2.83. The van der Waals surface area contributed by atoms with Gasteiger partial charge >= 0.3 is 0 Å². The zero-order valence-corrected chi connectivity index (χ0v) is 12.8. The fourth-order valence-electron chi connectivity index (χ4n) is 2.26. The van der Waals surface area contributed by atoms with Crippen molar-refractivity contribution in [3.63, 3.8) is 0 Å². The van der Waals surface area contributed by atoms with E-state index >= 15 is 0 Å². The number of hydrogen-bond donors (Lipinski definition) is 1. The smallest absolute Gasteiger partial charge is 0.0587 e. The topological polar surface area (TPSA) is 21.3 Å². The molecule has 0 radical (unpaired) electrons. The summed E-state index contributed by atoms with van der Waals surface area (Å²) in [5, 5.41) is 7.94. The third-order valence-corrected chi connectivity index (χ3v) is 3.87. The molecule has 0 saturated heterocycles. The van der Waals surface area contributed by atoms with Gasteiger partial charge in [0, 0.05) is 13.7 Å². The first-order valence-corrected chi connectivity index (χ1v) is 7.87. The Balaban J connectivity index is 2.25. The lowest BCUT2D eigenvalue weighted by Gasteiger charge is -2.19.